The van der Waals surface area contributed by atoms with Gasteiger partial charge in [0.1, 0.15) is 5.75 Å². The van der Waals surface area contributed by atoms with E-state index in [1.165, 1.54) is 0 Å². The Labute approximate surface area is 132 Å². The van der Waals surface area contributed by atoms with E-state index in [0.717, 1.165) is 0 Å². The Morgan fingerprint density at radius 2 is 1.43 bits per heavy atom. The second kappa shape index (κ2) is 5.70. The molecule has 1 aromatic rings. The van der Waals surface area contributed by atoms with Crippen LogP contribution < -0.4 is 4.18 Å². The molecule has 0 heterocycles. The number of sulfone groups is 1. The number of alkyl halides is 6. The molecule has 23 heavy (non-hydrogen) atoms. The smallest absolute Gasteiger partial charge is 0.506 e. The van der Waals surface area contributed by atoms with Crippen molar-refractivity contribution in [2.75, 3.05) is 0 Å². The van der Waals surface area contributed by atoms with Gasteiger partial charge in [-0.1, -0.05) is 15.9 Å². The Morgan fingerprint density at radius 1 is 0.957 bits per heavy atom. The van der Waals surface area contributed by atoms with Crippen molar-refractivity contribution in [2.24, 2.45) is 0 Å². The molecule has 0 aliphatic rings. The van der Waals surface area contributed by atoms with Crippen LogP contribution in [0.4, 0.5) is 26.3 Å². The van der Waals surface area contributed by atoms with E-state index < -0.39 is 51.8 Å². The Bertz CT molecular complexity index is 826. The molecule has 132 valence electrons. The maximum atomic E-state index is 12.5. The Balaban J connectivity index is 3.71. The maximum absolute atomic E-state index is 12.5. The molecule has 0 bridgehead atoms. The first-order valence-electron chi connectivity index (χ1n) is 4.85. The molecule has 15 heteroatoms. The molecule has 1 N–H and O–H groups in total. The fraction of sp³-hybridized carbons (Fsp3) is 0.250. The van der Waals surface area contributed by atoms with Gasteiger partial charge in [0.2, 0.25) is 0 Å². The van der Waals surface area contributed by atoms with Crippen LogP contribution in [0.1, 0.15) is 0 Å². The minimum absolute atomic E-state index is 0.210. The summed E-state index contributed by atoms with van der Waals surface area (Å²) in [4.78, 5) is -2.17. The quantitative estimate of drug-likeness (QED) is 0.430. The minimum Gasteiger partial charge on any atom is -0.506 e. The Hall–Kier alpha value is -1.22. The summed E-state index contributed by atoms with van der Waals surface area (Å²) in [7, 11) is -12.9. The number of hydrogen-bond acceptors (Lipinski definition) is 6. The topological polar surface area (TPSA) is 97.7 Å². The predicted molar refractivity (Wildman–Crippen MR) is 64.7 cm³/mol. The van der Waals surface area contributed by atoms with Crippen LogP contribution in [-0.2, 0) is 20.0 Å². The normalized spacial score (nSPS) is 13.9. The zero-order valence-electron chi connectivity index (χ0n) is 10.1. The van der Waals surface area contributed by atoms with Crippen LogP contribution in [0.25, 0.3) is 0 Å². The van der Waals surface area contributed by atoms with Gasteiger partial charge in [-0.2, -0.15) is 34.8 Å². The second-order valence-corrected chi connectivity index (χ2v) is 8.02. The van der Waals surface area contributed by atoms with E-state index in [0.29, 0.717) is 6.07 Å². The summed E-state index contributed by atoms with van der Waals surface area (Å²) in [6.07, 6.45) is 0. The zero-order valence-corrected chi connectivity index (χ0v) is 13.3. The molecule has 0 radical (unpaired) electrons. The van der Waals surface area contributed by atoms with Gasteiger partial charge in [-0.05, 0) is 12.1 Å². The molecular formula is C8H3BrF6O6S2. The first-order chi connectivity index (χ1) is 10.0. The van der Waals surface area contributed by atoms with Crippen molar-refractivity contribution >= 4 is 35.9 Å². The lowest BCUT2D eigenvalue weighted by Crippen LogP contribution is -2.30. The van der Waals surface area contributed by atoms with Crippen molar-refractivity contribution in [2.45, 2.75) is 15.9 Å². The molecular weight excluding hydrogens is 450 g/mol. The van der Waals surface area contributed by atoms with E-state index in [1.807, 2.05) is 0 Å². The van der Waals surface area contributed by atoms with Crippen LogP contribution in [0.3, 0.4) is 0 Å². The summed E-state index contributed by atoms with van der Waals surface area (Å²) in [5, 5.41) is 9.31. The molecule has 0 fully saturated rings. The molecule has 0 spiro atoms. The van der Waals surface area contributed by atoms with Gasteiger partial charge in [0.25, 0.3) is 9.84 Å². The highest BCUT2D eigenvalue weighted by atomic mass is 79.9. The molecule has 1 rings (SSSR count). The fourth-order valence-corrected chi connectivity index (χ4v) is 3.04. The molecule has 0 saturated heterocycles. The standard InChI is InChI=1S/C8H3BrF6O6S2/c9-3-1-4(16)6(22(17,18)7(10,11)12)5(2-3)21-23(19,20)8(13,14)15/h1-2,16H. The lowest BCUT2D eigenvalue weighted by Gasteiger charge is -2.16. The van der Waals surface area contributed by atoms with Gasteiger partial charge in [-0.3, -0.25) is 0 Å². The third-order valence-electron chi connectivity index (χ3n) is 2.06. The van der Waals surface area contributed by atoms with Crippen molar-refractivity contribution < 1.29 is 52.5 Å². The first kappa shape index (κ1) is 19.8. The van der Waals surface area contributed by atoms with Gasteiger partial charge in [0.15, 0.2) is 10.6 Å². The van der Waals surface area contributed by atoms with E-state index >= 15 is 0 Å². The lowest BCUT2D eigenvalue weighted by molar-refractivity contribution is -0.0501. The number of phenolic OH excluding ortho intramolecular Hbond substituents is 1. The van der Waals surface area contributed by atoms with E-state index in [4.69, 9.17) is 0 Å². The second-order valence-electron chi connectivity index (χ2n) is 3.68. The highest BCUT2D eigenvalue weighted by Gasteiger charge is 2.53. The zero-order chi connectivity index (χ0) is 18.4. The summed E-state index contributed by atoms with van der Waals surface area (Å²) in [6, 6.07) is 0.604. The monoisotopic (exact) mass is 452 g/mol. The summed E-state index contributed by atoms with van der Waals surface area (Å²) in [5.41, 5.74) is -12.1. The van der Waals surface area contributed by atoms with Gasteiger partial charge in [-0.25, -0.2) is 8.42 Å². The third kappa shape index (κ3) is 3.82. The molecule has 0 aliphatic carbocycles. The lowest BCUT2D eigenvalue weighted by atomic mass is 10.3. The highest BCUT2D eigenvalue weighted by Crippen LogP contribution is 2.43. The number of halogens is 7. The molecule has 0 aliphatic heterocycles. The maximum Gasteiger partial charge on any atom is 0.534 e. The number of benzene rings is 1. The van der Waals surface area contributed by atoms with Crippen molar-refractivity contribution in [3.63, 3.8) is 0 Å². The highest BCUT2D eigenvalue weighted by molar-refractivity contribution is 9.10. The average molecular weight is 453 g/mol. The van der Waals surface area contributed by atoms with Gasteiger partial charge in [0, 0.05) is 4.47 Å². The van der Waals surface area contributed by atoms with Crippen LogP contribution in [0.5, 0.6) is 11.5 Å². The van der Waals surface area contributed by atoms with Crippen LogP contribution in [-0.4, -0.2) is 33.0 Å². The summed E-state index contributed by atoms with van der Waals surface area (Å²) >= 11 is 2.53. The molecule has 0 atom stereocenters. The van der Waals surface area contributed by atoms with Crippen molar-refractivity contribution in [1.29, 1.82) is 0 Å². The van der Waals surface area contributed by atoms with Crippen LogP contribution in [0.2, 0.25) is 0 Å². The molecule has 0 aromatic heterocycles. The molecule has 0 amide bonds. The summed E-state index contributed by atoms with van der Waals surface area (Å²) < 4.78 is 121. The van der Waals surface area contributed by atoms with Crippen molar-refractivity contribution in [1.82, 2.24) is 0 Å². The SMILES string of the molecule is O=S(=O)(Oc1cc(Br)cc(O)c1S(=O)(=O)C(F)(F)F)C(F)(F)F. The fourth-order valence-electron chi connectivity index (χ4n) is 1.17. The Morgan fingerprint density at radius 3 is 1.83 bits per heavy atom. The van der Waals surface area contributed by atoms with Gasteiger partial charge in [0.05, 0.1) is 0 Å². The summed E-state index contributed by atoms with van der Waals surface area (Å²) in [5.74, 6) is -3.53. The summed E-state index contributed by atoms with van der Waals surface area (Å²) in [6.45, 7) is 0. The van der Waals surface area contributed by atoms with Crippen molar-refractivity contribution in [3.05, 3.63) is 16.6 Å². The predicted octanol–water partition coefficient (Wildman–Crippen LogP) is 2.68. The number of phenols is 1. The van der Waals surface area contributed by atoms with E-state index in [1.54, 1.807) is 0 Å². The molecule has 1 aromatic carbocycles. The minimum atomic E-state index is -6.48. The van der Waals surface area contributed by atoms with E-state index in [9.17, 15) is 48.3 Å². The van der Waals surface area contributed by atoms with Crippen LogP contribution in [0.15, 0.2) is 21.5 Å². The average Bonchev–Trinajstić information content (AvgIpc) is 2.22. The van der Waals surface area contributed by atoms with Crippen molar-refractivity contribution in [3.8, 4) is 11.5 Å². The van der Waals surface area contributed by atoms with Gasteiger partial charge >= 0.3 is 21.1 Å². The number of aromatic hydroxyl groups is 1. The number of rotatable bonds is 3. The van der Waals surface area contributed by atoms with Crippen LogP contribution in [0, 0.1) is 0 Å². The Kier molecular flexibility index (Phi) is 4.91. The first-order valence-corrected chi connectivity index (χ1v) is 8.54. The van der Waals surface area contributed by atoms with Gasteiger partial charge < -0.3 is 9.29 Å². The van der Waals surface area contributed by atoms with E-state index in [-0.39, 0.29) is 6.07 Å². The molecule has 6 nitrogen and oxygen atoms in total. The van der Waals surface area contributed by atoms with E-state index in [2.05, 4.69) is 20.1 Å². The molecule has 0 saturated carbocycles. The van der Waals surface area contributed by atoms with Gasteiger partial charge in [-0.15, -0.1) is 0 Å². The third-order valence-corrected chi connectivity index (χ3v) is 5.04. The van der Waals surface area contributed by atoms with Crippen LogP contribution >= 0.6 is 15.9 Å². The number of hydrogen-bond donors (Lipinski definition) is 1. The molecule has 0 unspecified atom stereocenters. The largest absolute Gasteiger partial charge is 0.534 e.